The average molecular weight is 230 g/mol. The third-order valence-corrected chi connectivity index (χ3v) is 1.86. The first kappa shape index (κ1) is 11.9. The van der Waals surface area contributed by atoms with Crippen LogP contribution in [-0.2, 0) is 9.47 Å². The molecule has 0 aliphatic rings. The van der Waals surface area contributed by atoms with Crippen LogP contribution in [0.5, 0.6) is 0 Å². The lowest BCUT2D eigenvalue weighted by atomic mass is 10.3. The number of hydrogen-bond donors (Lipinski definition) is 0. The summed E-state index contributed by atoms with van der Waals surface area (Å²) >= 11 is 5.63. The molecule has 0 aliphatic heterocycles. The van der Waals surface area contributed by atoms with E-state index in [1.807, 2.05) is 0 Å². The van der Waals surface area contributed by atoms with Gasteiger partial charge in [-0.05, 0) is 12.1 Å². The van der Waals surface area contributed by atoms with Crippen LogP contribution in [0.25, 0.3) is 0 Å². The fraction of sp³-hybridized carbons (Fsp3) is 0.400. The van der Waals surface area contributed by atoms with Gasteiger partial charge in [0.25, 0.3) is 0 Å². The molecule has 1 aromatic heterocycles. The predicted octanol–water partition coefficient (Wildman–Crippen LogP) is 1.93. The molecule has 0 unspecified atom stereocenters. The average Bonchev–Trinajstić information content (AvgIpc) is 2.24. The number of halogens is 1. The summed E-state index contributed by atoms with van der Waals surface area (Å²) in [7, 11) is 1.60. The van der Waals surface area contributed by atoms with Crippen molar-refractivity contribution in [3.8, 4) is 0 Å². The molecule has 0 aliphatic carbocycles. The smallest absolute Gasteiger partial charge is 0.356 e. The van der Waals surface area contributed by atoms with E-state index in [1.165, 1.54) is 0 Å². The molecule has 0 N–H and O–H groups in total. The van der Waals surface area contributed by atoms with Gasteiger partial charge in [0.2, 0.25) is 0 Å². The van der Waals surface area contributed by atoms with Gasteiger partial charge in [-0.15, -0.1) is 0 Å². The molecule has 0 saturated heterocycles. The number of aromatic nitrogens is 1. The maximum Gasteiger partial charge on any atom is 0.356 e. The molecule has 1 aromatic rings. The van der Waals surface area contributed by atoms with E-state index >= 15 is 0 Å². The van der Waals surface area contributed by atoms with Gasteiger partial charge >= 0.3 is 5.97 Å². The number of pyridine rings is 1. The number of carbonyl (C=O) groups is 1. The van der Waals surface area contributed by atoms with Crippen LogP contribution >= 0.6 is 11.6 Å². The summed E-state index contributed by atoms with van der Waals surface area (Å²) in [5.74, 6) is -0.464. The maximum atomic E-state index is 11.4. The van der Waals surface area contributed by atoms with Crippen LogP contribution in [0.4, 0.5) is 0 Å². The van der Waals surface area contributed by atoms with Crippen molar-refractivity contribution in [2.24, 2.45) is 0 Å². The Labute approximate surface area is 93.2 Å². The Bertz CT molecular complexity index is 330. The molecule has 4 nitrogen and oxygen atoms in total. The molecule has 0 amide bonds. The molecule has 0 radical (unpaired) electrons. The lowest BCUT2D eigenvalue weighted by molar-refractivity contribution is 0.0461. The van der Waals surface area contributed by atoms with Crippen molar-refractivity contribution in [1.82, 2.24) is 4.98 Å². The first-order chi connectivity index (χ1) is 7.24. The number of rotatable bonds is 5. The zero-order chi connectivity index (χ0) is 11.1. The van der Waals surface area contributed by atoms with Gasteiger partial charge in [0.1, 0.15) is 10.8 Å². The zero-order valence-electron chi connectivity index (χ0n) is 8.40. The van der Waals surface area contributed by atoms with Gasteiger partial charge < -0.3 is 9.47 Å². The van der Waals surface area contributed by atoms with E-state index in [9.17, 15) is 4.79 Å². The molecular weight excluding hydrogens is 218 g/mol. The summed E-state index contributed by atoms with van der Waals surface area (Å²) in [5, 5.41) is 0.279. The first-order valence-corrected chi connectivity index (χ1v) is 4.90. The Morgan fingerprint density at radius 1 is 1.47 bits per heavy atom. The molecule has 1 heterocycles. The molecule has 0 saturated carbocycles. The molecular formula is C10H12ClNO3. The van der Waals surface area contributed by atoms with Crippen LogP contribution in [0.2, 0.25) is 5.15 Å². The van der Waals surface area contributed by atoms with E-state index < -0.39 is 5.97 Å². The molecule has 0 bridgehead atoms. The summed E-state index contributed by atoms with van der Waals surface area (Å²) in [4.78, 5) is 15.2. The highest BCUT2D eigenvalue weighted by atomic mass is 35.5. The molecule has 0 fully saturated rings. The van der Waals surface area contributed by atoms with E-state index in [2.05, 4.69) is 4.98 Å². The standard InChI is InChI=1S/C10H12ClNO3/c1-14-6-3-7-15-10(13)8-4-2-5-9(11)12-8/h2,4-5H,3,6-7H2,1H3. The van der Waals surface area contributed by atoms with E-state index in [-0.39, 0.29) is 10.8 Å². The largest absolute Gasteiger partial charge is 0.461 e. The van der Waals surface area contributed by atoms with Crippen molar-refractivity contribution in [2.75, 3.05) is 20.3 Å². The van der Waals surface area contributed by atoms with Gasteiger partial charge in [-0.1, -0.05) is 17.7 Å². The number of esters is 1. The summed E-state index contributed by atoms with van der Waals surface area (Å²) in [6, 6.07) is 4.81. The lowest BCUT2D eigenvalue weighted by Gasteiger charge is -2.03. The Balaban J connectivity index is 2.40. The van der Waals surface area contributed by atoms with Crippen LogP contribution in [0, 0.1) is 0 Å². The second kappa shape index (κ2) is 6.37. The third-order valence-electron chi connectivity index (χ3n) is 1.65. The Morgan fingerprint density at radius 3 is 2.93 bits per heavy atom. The van der Waals surface area contributed by atoms with Crippen molar-refractivity contribution >= 4 is 17.6 Å². The highest BCUT2D eigenvalue weighted by Gasteiger charge is 2.08. The molecule has 15 heavy (non-hydrogen) atoms. The lowest BCUT2D eigenvalue weighted by Crippen LogP contribution is -2.09. The number of hydrogen-bond acceptors (Lipinski definition) is 4. The van der Waals surface area contributed by atoms with Crippen molar-refractivity contribution in [2.45, 2.75) is 6.42 Å². The molecule has 0 aromatic carbocycles. The highest BCUT2D eigenvalue weighted by Crippen LogP contribution is 2.06. The third kappa shape index (κ3) is 4.27. The SMILES string of the molecule is COCCCOC(=O)c1cccc(Cl)n1. The molecule has 1 rings (SSSR count). The minimum Gasteiger partial charge on any atom is -0.461 e. The topological polar surface area (TPSA) is 48.4 Å². The van der Waals surface area contributed by atoms with Gasteiger partial charge in [-0.3, -0.25) is 0 Å². The van der Waals surface area contributed by atoms with Crippen molar-refractivity contribution in [3.05, 3.63) is 29.0 Å². The zero-order valence-corrected chi connectivity index (χ0v) is 9.16. The molecule has 0 spiro atoms. The monoisotopic (exact) mass is 229 g/mol. The number of nitrogens with zero attached hydrogens (tertiary/aromatic N) is 1. The van der Waals surface area contributed by atoms with Crippen LogP contribution in [0.1, 0.15) is 16.9 Å². The Hall–Kier alpha value is -1.13. The van der Waals surface area contributed by atoms with Gasteiger partial charge in [-0.2, -0.15) is 0 Å². The van der Waals surface area contributed by atoms with Crippen molar-refractivity contribution in [3.63, 3.8) is 0 Å². The Kier molecular flexibility index (Phi) is 5.07. The fourth-order valence-corrected chi connectivity index (χ4v) is 1.13. The van der Waals surface area contributed by atoms with Crippen LogP contribution in [0.3, 0.4) is 0 Å². The van der Waals surface area contributed by atoms with Crippen LogP contribution < -0.4 is 0 Å². The number of methoxy groups -OCH3 is 1. The second-order valence-electron chi connectivity index (χ2n) is 2.83. The second-order valence-corrected chi connectivity index (χ2v) is 3.22. The predicted molar refractivity (Wildman–Crippen MR) is 56.0 cm³/mol. The molecule has 0 atom stereocenters. The first-order valence-electron chi connectivity index (χ1n) is 4.52. The fourth-order valence-electron chi connectivity index (χ4n) is 0.964. The number of ether oxygens (including phenoxy) is 2. The van der Waals surface area contributed by atoms with E-state index in [0.29, 0.717) is 19.6 Å². The number of carbonyl (C=O) groups excluding carboxylic acids is 1. The summed E-state index contributed by atoms with van der Waals surface area (Å²) in [5.41, 5.74) is 0.222. The normalized spacial score (nSPS) is 10.0. The van der Waals surface area contributed by atoms with Gasteiger partial charge in [0.15, 0.2) is 0 Å². The highest BCUT2D eigenvalue weighted by molar-refractivity contribution is 6.29. The maximum absolute atomic E-state index is 11.4. The van der Waals surface area contributed by atoms with Gasteiger partial charge in [0.05, 0.1) is 6.61 Å². The minimum absolute atomic E-state index is 0.222. The van der Waals surface area contributed by atoms with Gasteiger partial charge in [-0.25, -0.2) is 9.78 Å². The van der Waals surface area contributed by atoms with Crippen molar-refractivity contribution < 1.29 is 14.3 Å². The minimum atomic E-state index is -0.464. The molecule has 82 valence electrons. The van der Waals surface area contributed by atoms with Crippen molar-refractivity contribution in [1.29, 1.82) is 0 Å². The summed E-state index contributed by atoms with van der Waals surface area (Å²) < 4.78 is 9.77. The van der Waals surface area contributed by atoms with Gasteiger partial charge in [0, 0.05) is 20.1 Å². The molecule has 5 heteroatoms. The van der Waals surface area contributed by atoms with Crippen LogP contribution in [-0.4, -0.2) is 31.3 Å². The Morgan fingerprint density at radius 2 is 2.27 bits per heavy atom. The van der Waals surface area contributed by atoms with E-state index in [0.717, 1.165) is 0 Å². The summed E-state index contributed by atoms with van der Waals surface area (Å²) in [6.07, 6.45) is 0.669. The van der Waals surface area contributed by atoms with E-state index in [1.54, 1.807) is 25.3 Å². The van der Waals surface area contributed by atoms with E-state index in [4.69, 9.17) is 21.1 Å². The quantitative estimate of drug-likeness (QED) is 0.440. The summed E-state index contributed by atoms with van der Waals surface area (Å²) in [6.45, 7) is 0.886. The van der Waals surface area contributed by atoms with Crippen LogP contribution in [0.15, 0.2) is 18.2 Å².